The summed E-state index contributed by atoms with van der Waals surface area (Å²) >= 11 is 0. The zero-order valence-corrected chi connectivity index (χ0v) is 54.8. The summed E-state index contributed by atoms with van der Waals surface area (Å²) < 4.78 is 14.6. The maximum atomic E-state index is 7.33. The van der Waals surface area contributed by atoms with Gasteiger partial charge in [-0.15, -0.1) is 0 Å². The summed E-state index contributed by atoms with van der Waals surface area (Å²) in [6.45, 7) is 8.71. The van der Waals surface area contributed by atoms with Gasteiger partial charge in [0.1, 0.15) is 22.3 Å². The van der Waals surface area contributed by atoms with Crippen molar-refractivity contribution in [3.8, 4) is 11.1 Å². The molecule has 6 nitrogen and oxygen atoms in total. The molecule has 0 aliphatic rings. The minimum Gasteiger partial charge on any atom is -0.456 e. The highest BCUT2D eigenvalue weighted by Gasteiger charge is 2.28. The molecule has 2 heterocycles. The lowest BCUT2D eigenvalue weighted by Crippen LogP contribution is -2.12. The maximum Gasteiger partial charge on any atom is 0.138 e. The SMILES string of the molecule is Cc1cccc(N(c2ccccc2)c2cc3oc4cc(N(c5cccc(C)c5)c5cccc(-c6cccc(N(c7ccccc7C)c7cc8oc9cc(N(c%10ccccc%10)c%10ccccc%10C)c%10ccccc%10c9c8c8ccccc78)c6)c5)c5ccccc5c4c3c3ccccc23)c1. The number of benzene rings is 16. The number of hydrogen-bond donors (Lipinski definition) is 0. The summed E-state index contributed by atoms with van der Waals surface area (Å²) in [7, 11) is 0. The molecule has 2 aromatic heterocycles. The third-order valence-electron chi connectivity index (χ3n) is 19.7. The van der Waals surface area contributed by atoms with Gasteiger partial charge in [-0.3, -0.25) is 0 Å². The Kier molecular flexibility index (Phi) is 14.0. The fraction of sp³-hybridized carbons (Fsp3) is 0.0435. The molecular weight excluding hydrogens is 1190 g/mol. The van der Waals surface area contributed by atoms with E-state index in [4.69, 9.17) is 8.83 Å². The molecule has 0 atom stereocenters. The molecule has 6 heteroatoms. The van der Waals surface area contributed by atoms with Gasteiger partial charge in [0.2, 0.25) is 0 Å². The zero-order chi connectivity index (χ0) is 65.5. The van der Waals surface area contributed by atoms with E-state index in [-0.39, 0.29) is 0 Å². The number of aryl methyl sites for hydroxylation is 4. The summed E-state index contributed by atoms with van der Waals surface area (Å²) in [6.07, 6.45) is 0. The van der Waals surface area contributed by atoms with E-state index in [9.17, 15) is 0 Å². The molecule has 0 radical (unpaired) electrons. The van der Waals surface area contributed by atoms with Crippen molar-refractivity contribution in [2.45, 2.75) is 27.7 Å². The first kappa shape index (κ1) is 58.0. The molecule has 98 heavy (non-hydrogen) atoms. The molecule has 0 saturated carbocycles. The molecule has 0 N–H and O–H groups in total. The number of fused-ring (bicyclic) bond motifs is 14. The van der Waals surface area contributed by atoms with E-state index in [1.807, 2.05) is 0 Å². The van der Waals surface area contributed by atoms with Crippen molar-refractivity contribution in [1.29, 1.82) is 0 Å². The summed E-state index contributed by atoms with van der Waals surface area (Å²) in [6, 6.07) is 119. The Morgan fingerprint density at radius 2 is 0.459 bits per heavy atom. The third kappa shape index (κ3) is 9.71. The number of anilines is 12. The van der Waals surface area contributed by atoms with E-state index < -0.39 is 0 Å². The Morgan fingerprint density at radius 3 is 0.827 bits per heavy atom. The van der Waals surface area contributed by atoms with E-state index in [0.29, 0.717) is 0 Å². The molecule has 0 unspecified atom stereocenters. The average molecular weight is 1260 g/mol. The highest BCUT2D eigenvalue weighted by Crippen LogP contribution is 2.53. The van der Waals surface area contributed by atoms with Gasteiger partial charge in [0.15, 0.2) is 0 Å². The highest BCUT2D eigenvalue weighted by atomic mass is 16.3. The van der Waals surface area contributed by atoms with Crippen LogP contribution in [-0.4, -0.2) is 0 Å². The Bertz CT molecular complexity index is 6170. The van der Waals surface area contributed by atoms with E-state index in [0.717, 1.165) is 177 Å². The second-order valence-electron chi connectivity index (χ2n) is 25.8. The van der Waals surface area contributed by atoms with Gasteiger partial charge in [-0.25, -0.2) is 0 Å². The quantitative estimate of drug-likeness (QED) is 0.115. The van der Waals surface area contributed by atoms with Crippen molar-refractivity contribution in [2.24, 2.45) is 0 Å². The minimum absolute atomic E-state index is 0.815. The molecule has 0 saturated heterocycles. The standard InChI is InChI=1S/C92H66N4O2/c1-59-27-23-37-67(51-59)93(65-33-7-5-8-34-65)81-55-85-89(75-45-17-13-41-71(75)81)90-76-46-18-14-42-72(76)82(56-86(90)97-85)94(68-38-24-28-60(2)52-68)69-39-25-31-63(53-69)64-32-26-40-70(54-64)96(80-50-22-12-30-62(80)4)84-58-88-92(78-48-20-16-44-74(78)84)91-77-47-19-15-43-73(77)83(57-87(91)98-88)95(66-35-9-6-10-36-66)79-49-21-11-29-61(79)3/h5-58H,1-4H3. The van der Waals surface area contributed by atoms with E-state index in [1.54, 1.807) is 0 Å². The maximum absolute atomic E-state index is 7.33. The van der Waals surface area contributed by atoms with Gasteiger partial charge in [0.25, 0.3) is 0 Å². The Morgan fingerprint density at radius 1 is 0.194 bits per heavy atom. The first-order chi connectivity index (χ1) is 48.3. The molecule has 18 rings (SSSR count). The Hall–Kier alpha value is -12.6. The number of para-hydroxylation sites is 4. The molecule has 0 fully saturated rings. The lowest BCUT2D eigenvalue weighted by molar-refractivity contribution is 0.669. The Labute approximate surface area is 568 Å². The van der Waals surface area contributed by atoms with Crippen LogP contribution in [0.15, 0.2) is 336 Å². The first-order valence-electron chi connectivity index (χ1n) is 33.6. The monoisotopic (exact) mass is 1260 g/mol. The molecule has 0 amide bonds. The minimum atomic E-state index is 0.815. The van der Waals surface area contributed by atoms with Crippen molar-refractivity contribution in [3.05, 3.63) is 350 Å². The number of rotatable bonds is 13. The van der Waals surface area contributed by atoms with E-state index in [1.165, 1.54) is 11.1 Å². The van der Waals surface area contributed by atoms with Crippen molar-refractivity contribution in [1.82, 2.24) is 0 Å². The van der Waals surface area contributed by atoms with Crippen LogP contribution in [0, 0.1) is 27.7 Å². The van der Waals surface area contributed by atoms with Crippen molar-refractivity contribution in [3.63, 3.8) is 0 Å². The van der Waals surface area contributed by atoms with Crippen LogP contribution >= 0.6 is 0 Å². The molecule has 18 aromatic rings. The smallest absolute Gasteiger partial charge is 0.138 e. The third-order valence-corrected chi connectivity index (χ3v) is 19.7. The second kappa shape index (κ2) is 23.7. The van der Waals surface area contributed by atoms with E-state index in [2.05, 4.69) is 375 Å². The zero-order valence-electron chi connectivity index (χ0n) is 54.8. The van der Waals surface area contributed by atoms with Gasteiger partial charge in [0, 0.05) is 113 Å². The second-order valence-corrected chi connectivity index (χ2v) is 25.8. The van der Waals surface area contributed by atoms with Crippen molar-refractivity contribution in [2.75, 3.05) is 19.6 Å². The first-order valence-corrected chi connectivity index (χ1v) is 33.6. The van der Waals surface area contributed by atoms with Crippen molar-refractivity contribution >= 4 is 155 Å². The van der Waals surface area contributed by atoms with E-state index >= 15 is 0 Å². The van der Waals surface area contributed by atoms with Crippen LogP contribution < -0.4 is 19.6 Å². The molecule has 0 aliphatic heterocycles. The highest BCUT2D eigenvalue weighted by molar-refractivity contribution is 6.32. The molecule has 16 aromatic carbocycles. The van der Waals surface area contributed by atoms with Gasteiger partial charge in [-0.05, 0) is 168 Å². The fourth-order valence-electron chi connectivity index (χ4n) is 15.3. The summed E-state index contributed by atoms with van der Waals surface area (Å²) in [5, 5.41) is 13.4. The largest absolute Gasteiger partial charge is 0.456 e. The average Bonchev–Trinajstić information content (AvgIpc) is 1.52. The van der Waals surface area contributed by atoms with Gasteiger partial charge in [0.05, 0.1) is 22.7 Å². The molecular formula is C92H66N4O2. The lowest BCUT2D eigenvalue weighted by Gasteiger charge is -2.29. The predicted octanol–water partition coefficient (Wildman–Crippen LogP) is 26.9. The van der Waals surface area contributed by atoms with Gasteiger partial charge in [-0.1, -0.05) is 218 Å². The van der Waals surface area contributed by atoms with Gasteiger partial charge in [-0.2, -0.15) is 0 Å². The van der Waals surface area contributed by atoms with Crippen LogP contribution in [0.5, 0.6) is 0 Å². The summed E-state index contributed by atoms with van der Waals surface area (Å²) in [4.78, 5) is 9.58. The fourth-order valence-corrected chi connectivity index (χ4v) is 15.3. The molecule has 466 valence electrons. The predicted molar refractivity (Wildman–Crippen MR) is 414 cm³/mol. The van der Waals surface area contributed by atoms with Crippen molar-refractivity contribution < 1.29 is 8.83 Å². The molecule has 0 spiro atoms. The van der Waals surface area contributed by atoms with Crippen LogP contribution in [0.25, 0.3) is 98.1 Å². The van der Waals surface area contributed by atoms with Crippen LogP contribution in [0.3, 0.4) is 0 Å². The Balaban J connectivity index is 0.796. The molecule has 0 aliphatic carbocycles. The topological polar surface area (TPSA) is 39.2 Å². The van der Waals surface area contributed by atoms with Gasteiger partial charge >= 0.3 is 0 Å². The number of furan rings is 2. The normalized spacial score (nSPS) is 11.7. The molecule has 0 bridgehead atoms. The summed E-state index contributed by atoms with van der Waals surface area (Å²) in [5.41, 5.74) is 22.7. The number of hydrogen-bond acceptors (Lipinski definition) is 6. The van der Waals surface area contributed by atoms with Crippen LogP contribution in [0.1, 0.15) is 22.3 Å². The number of nitrogens with zero attached hydrogens (tertiary/aromatic N) is 4. The van der Waals surface area contributed by atoms with Crippen LogP contribution in [0.4, 0.5) is 68.2 Å². The van der Waals surface area contributed by atoms with Crippen LogP contribution in [0.2, 0.25) is 0 Å². The summed E-state index contributed by atoms with van der Waals surface area (Å²) in [5.74, 6) is 0. The van der Waals surface area contributed by atoms with Gasteiger partial charge < -0.3 is 28.4 Å². The lowest BCUT2D eigenvalue weighted by atomic mass is 9.96. The van der Waals surface area contributed by atoms with Crippen LogP contribution in [-0.2, 0) is 0 Å².